The van der Waals surface area contributed by atoms with Gasteiger partial charge < -0.3 is 9.30 Å². The molecular weight excluding hydrogens is 410 g/mol. The molecule has 0 spiro atoms. The van der Waals surface area contributed by atoms with E-state index in [0.717, 1.165) is 33.5 Å². The van der Waals surface area contributed by atoms with Gasteiger partial charge in [0.05, 0.1) is 0 Å². The Bertz CT molecular complexity index is 864. The molecular formula is C20H22BrN3OS. The van der Waals surface area contributed by atoms with Crippen molar-refractivity contribution in [1.29, 1.82) is 0 Å². The minimum Gasteiger partial charge on any atom is -0.483 e. The zero-order valence-electron chi connectivity index (χ0n) is 15.1. The summed E-state index contributed by atoms with van der Waals surface area (Å²) in [6.07, 6.45) is -0.161. The highest BCUT2D eigenvalue weighted by Gasteiger charge is 2.18. The number of nitrogens with zero attached hydrogens (tertiary/aromatic N) is 3. The van der Waals surface area contributed by atoms with Crippen LogP contribution < -0.4 is 4.74 Å². The number of aryl methyl sites for hydroxylation is 1. The number of rotatable bonds is 7. The number of aromatic nitrogens is 3. The highest BCUT2D eigenvalue weighted by molar-refractivity contribution is 9.10. The van der Waals surface area contributed by atoms with Gasteiger partial charge in [-0.15, -0.1) is 10.2 Å². The van der Waals surface area contributed by atoms with E-state index in [0.29, 0.717) is 0 Å². The summed E-state index contributed by atoms with van der Waals surface area (Å²) in [5.41, 5.74) is 2.44. The van der Waals surface area contributed by atoms with Crippen molar-refractivity contribution in [3.8, 4) is 5.75 Å². The first-order valence-corrected chi connectivity index (χ1v) is 10.4. The molecule has 0 fully saturated rings. The normalized spacial score (nSPS) is 12.2. The summed E-state index contributed by atoms with van der Waals surface area (Å²) in [4.78, 5) is 0. The number of ether oxygens (including phenoxy) is 1. The van der Waals surface area contributed by atoms with Gasteiger partial charge >= 0.3 is 0 Å². The second-order valence-corrected chi connectivity index (χ2v) is 7.93. The third-order valence-electron chi connectivity index (χ3n) is 4.01. The second-order valence-electron chi connectivity index (χ2n) is 6.08. The Balaban J connectivity index is 1.71. The zero-order chi connectivity index (χ0) is 18.5. The van der Waals surface area contributed by atoms with Crippen LogP contribution in [0.4, 0.5) is 0 Å². The second kappa shape index (κ2) is 8.73. The molecule has 0 aliphatic heterocycles. The molecule has 136 valence electrons. The lowest BCUT2D eigenvalue weighted by Crippen LogP contribution is -2.12. The standard InChI is InChI=1S/C20H22BrN3OS/c1-4-24-19(15(3)25-18-7-5-6-14(2)12-18)22-23-20(24)26-13-16-8-10-17(21)11-9-16/h5-12,15H,4,13H2,1-3H3. The minimum atomic E-state index is -0.161. The van der Waals surface area contributed by atoms with Gasteiger partial charge in [-0.1, -0.05) is 52.0 Å². The summed E-state index contributed by atoms with van der Waals surface area (Å²) in [6, 6.07) is 16.4. The van der Waals surface area contributed by atoms with Crippen LogP contribution in [0.5, 0.6) is 5.75 Å². The smallest absolute Gasteiger partial charge is 0.191 e. The van der Waals surface area contributed by atoms with Gasteiger partial charge in [0.15, 0.2) is 17.1 Å². The van der Waals surface area contributed by atoms with Crippen molar-refractivity contribution in [1.82, 2.24) is 14.8 Å². The molecule has 1 aromatic heterocycles. The average Bonchev–Trinajstić information content (AvgIpc) is 3.04. The molecule has 0 saturated heterocycles. The lowest BCUT2D eigenvalue weighted by Gasteiger charge is -2.16. The van der Waals surface area contributed by atoms with Crippen molar-refractivity contribution >= 4 is 27.7 Å². The summed E-state index contributed by atoms with van der Waals surface area (Å²) >= 11 is 5.16. The summed E-state index contributed by atoms with van der Waals surface area (Å²) in [7, 11) is 0. The van der Waals surface area contributed by atoms with Crippen molar-refractivity contribution < 1.29 is 4.74 Å². The molecule has 26 heavy (non-hydrogen) atoms. The highest BCUT2D eigenvalue weighted by atomic mass is 79.9. The fraction of sp³-hybridized carbons (Fsp3) is 0.300. The number of halogens is 1. The third-order valence-corrected chi connectivity index (χ3v) is 5.58. The van der Waals surface area contributed by atoms with E-state index in [4.69, 9.17) is 4.74 Å². The summed E-state index contributed by atoms with van der Waals surface area (Å²) in [6.45, 7) is 6.99. The van der Waals surface area contributed by atoms with Crippen LogP contribution in [-0.2, 0) is 12.3 Å². The largest absolute Gasteiger partial charge is 0.483 e. The van der Waals surface area contributed by atoms with Crippen LogP contribution >= 0.6 is 27.7 Å². The molecule has 1 heterocycles. The van der Waals surface area contributed by atoms with Crippen molar-refractivity contribution in [2.24, 2.45) is 0 Å². The first-order valence-electron chi connectivity index (χ1n) is 8.60. The van der Waals surface area contributed by atoms with Gasteiger partial charge in [0.2, 0.25) is 0 Å². The maximum atomic E-state index is 6.08. The topological polar surface area (TPSA) is 39.9 Å². The van der Waals surface area contributed by atoms with E-state index in [-0.39, 0.29) is 6.10 Å². The Kier molecular flexibility index (Phi) is 6.38. The van der Waals surface area contributed by atoms with E-state index in [2.05, 4.69) is 74.9 Å². The van der Waals surface area contributed by atoms with Crippen molar-refractivity contribution in [3.05, 3.63) is 70.0 Å². The molecule has 2 aromatic carbocycles. The van der Waals surface area contributed by atoms with Crippen molar-refractivity contribution in [2.75, 3.05) is 0 Å². The maximum absolute atomic E-state index is 6.08. The van der Waals surface area contributed by atoms with Gasteiger partial charge in [-0.25, -0.2) is 0 Å². The Morgan fingerprint density at radius 1 is 1.15 bits per heavy atom. The Hall–Kier alpha value is -1.79. The number of hydrogen-bond donors (Lipinski definition) is 0. The van der Waals surface area contributed by atoms with E-state index in [1.807, 2.05) is 25.1 Å². The van der Waals surface area contributed by atoms with Crippen LogP contribution in [0.2, 0.25) is 0 Å². The number of benzene rings is 2. The average molecular weight is 432 g/mol. The molecule has 0 bridgehead atoms. The molecule has 0 aliphatic carbocycles. The molecule has 0 aliphatic rings. The van der Waals surface area contributed by atoms with Crippen LogP contribution in [0.3, 0.4) is 0 Å². The van der Waals surface area contributed by atoms with Gasteiger partial charge in [-0.3, -0.25) is 0 Å². The van der Waals surface area contributed by atoms with Crippen LogP contribution in [0.25, 0.3) is 0 Å². The van der Waals surface area contributed by atoms with Gasteiger partial charge in [0, 0.05) is 16.8 Å². The predicted molar refractivity (Wildman–Crippen MR) is 110 cm³/mol. The van der Waals surface area contributed by atoms with Gasteiger partial charge in [-0.05, 0) is 56.2 Å². The number of thioether (sulfide) groups is 1. The number of hydrogen-bond acceptors (Lipinski definition) is 4. The predicted octanol–water partition coefficient (Wildman–Crippen LogP) is 5.80. The molecule has 0 amide bonds. The van der Waals surface area contributed by atoms with Crippen LogP contribution in [0.1, 0.15) is 36.9 Å². The molecule has 1 unspecified atom stereocenters. The van der Waals surface area contributed by atoms with Crippen LogP contribution in [0.15, 0.2) is 58.2 Å². The Labute approximate surface area is 167 Å². The van der Waals surface area contributed by atoms with E-state index in [9.17, 15) is 0 Å². The molecule has 3 aromatic rings. The molecule has 0 saturated carbocycles. The third kappa shape index (κ3) is 4.68. The fourth-order valence-corrected chi connectivity index (χ4v) is 3.91. The molecule has 4 nitrogen and oxygen atoms in total. The molecule has 1 atom stereocenters. The Morgan fingerprint density at radius 2 is 1.92 bits per heavy atom. The SMILES string of the molecule is CCn1c(SCc2ccc(Br)cc2)nnc1C(C)Oc1cccc(C)c1. The maximum Gasteiger partial charge on any atom is 0.191 e. The lowest BCUT2D eigenvalue weighted by molar-refractivity contribution is 0.210. The van der Waals surface area contributed by atoms with Crippen LogP contribution in [0, 0.1) is 6.92 Å². The van der Waals surface area contributed by atoms with Crippen molar-refractivity contribution in [3.63, 3.8) is 0 Å². The monoisotopic (exact) mass is 431 g/mol. The van der Waals surface area contributed by atoms with E-state index >= 15 is 0 Å². The summed E-state index contributed by atoms with van der Waals surface area (Å²) < 4.78 is 9.29. The van der Waals surface area contributed by atoms with E-state index in [1.165, 1.54) is 11.1 Å². The van der Waals surface area contributed by atoms with E-state index in [1.54, 1.807) is 11.8 Å². The molecule has 3 rings (SSSR count). The highest BCUT2D eigenvalue weighted by Crippen LogP contribution is 2.27. The van der Waals surface area contributed by atoms with Gasteiger partial charge in [-0.2, -0.15) is 0 Å². The molecule has 0 N–H and O–H groups in total. The van der Waals surface area contributed by atoms with Gasteiger partial charge in [0.1, 0.15) is 5.75 Å². The Morgan fingerprint density at radius 3 is 2.62 bits per heavy atom. The van der Waals surface area contributed by atoms with Gasteiger partial charge in [0.25, 0.3) is 0 Å². The summed E-state index contributed by atoms with van der Waals surface area (Å²) in [5, 5.41) is 9.70. The summed E-state index contributed by atoms with van der Waals surface area (Å²) in [5.74, 6) is 2.57. The zero-order valence-corrected chi connectivity index (χ0v) is 17.5. The van der Waals surface area contributed by atoms with Crippen LogP contribution in [-0.4, -0.2) is 14.8 Å². The molecule has 6 heteroatoms. The first kappa shape index (κ1) is 19.0. The minimum absolute atomic E-state index is 0.161. The first-order chi connectivity index (χ1) is 12.6. The quantitative estimate of drug-likeness (QED) is 0.443. The lowest BCUT2D eigenvalue weighted by atomic mass is 10.2. The van der Waals surface area contributed by atoms with Crippen molar-refractivity contribution in [2.45, 2.75) is 44.3 Å². The molecule has 0 radical (unpaired) electrons. The fourth-order valence-electron chi connectivity index (χ4n) is 2.68. The van der Waals surface area contributed by atoms with E-state index < -0.39 is 0 Å².